The number of rotatable bonds is 6. The van der Waals surface area contributed by atoms with E-state index in [1.165, 1.54) is 6.07 Å². The molecule has 1 heterocycles. The van der Waals surface area contributed by atoms with Crippen molar-refractivity contribution in [2.45, 2.75) is 6.54 Å². The molecule has 0 aliphatic carbocycles. The molecule has 30 heavy (non-hydrogen) atoms. The van der Waals surface area contributed by atoms with Crippen molar-refractivity contribution in [1.29, 1.82) is 0 Å². The van der Waals surface area contributed by atoms with Crippen LogP contribution in [0, 0.1) is 0 Å². The Morgan fingerprint density at radius 3 is 2.37 bits per heavy atom. The first-order chi connectivity index (χ1) is 14.6. The average Bonchev–Trinajstić information content (AvgIpc) is 2.77. The zero-order chi connectivity index (χ0) is 20.9. The van der Waals surface area contributed by atoms with Crippen molar-refractivity contribution < 1.29 is 13.9 Å². The van der Waals surface area contributed by atoms with Gasteiger partial charge in [0.15, 0.2) is 6.61 Å². The highest BCUT2D eigenvalue weighted by Crippen LogP contribution is 2.29. The predicted molar refractivity (Wildman–Crippen MR) is 116 cm³/mol. The van der Waals surface area contributed by atoms with Crippen molar-refractivity contribution in [2.24, 2.45) is 0 Å². The van der Waals surface area contributed by atoms with E-state index in [4.69, 9.17) is 9.15 Å². The third-order valence-electron chi connectivity index (χ3n) is 4.85. The van der Waals surface area contributed by atoms with Crippen LogP contribution >= 0.6 is 0 Å². The van der Waals surface area contributed by atoms with Crippen LogP contribution in [-0.2, 0) is 11.3 Å². The molecule has 0 unspecified atom stereocenters. The minimum Gasteiger partial charge on any atom is -0.484 e. The van der Waals surface area contributed by atoms with Gasteiger partial charge in [-0.15, -0.1) is 0 Å². The third kappa shape index (κ3) is 4.41. The van der Waals surface area contributed by atoms with E-state index in [2.05, 4.69) is 0 Å². The molecule has 0 saturated heterocycles. The van der Waals surface area contributed by atoms with Crippen LogP contribution in [-0.4, -0.2) is 24.5 Å². The van der Waals surface area contributed by atoms with E-state index in [-0.39, 0.29) is 12.5 Å². The number of likely N-dealkylation sites (N-methyl/N-ethyl adjacent to an activating group) is 1. The fourth-order valence-electron chi connectivity index (χ4n) is 3.29. The Kier molecular flexibility index (Phi) is 5.61. The van der Waals surface area contributed by atoms with Gasteiger partial charge in [-0.2, -0.15) is 0 Å². The Balaban J connectivity index is 1.50. The molecule has 5 heteroatoms. The molecule has 3 aromatic carbocycles. The van der Waals surface area contributed by atoms with Crippen LogP contribution in [0.15, 0.2) is 94.1 Å². The van der Waals surface area contributed by atoms with E-state index in [1.54, 1.807) is 24.1 Å². The summed E-state index contributed by atoms with van der Waals surface area (Å²) in [5.41, 5.74) is 2.77. The van der Waals surface area contributed by atoms with Gasteiger partial charge >= 0.3 is 5.63 Å². The highest BCUT2D eigenvalue weighted by molar-refractivity contribution is 5.93. The van der Waals surface area contributed by atoms with E-state index < -0.39 is 5.63 Å². The van der Waals surface area contributed by atoms with Crippen molar-refractivity contribution in [3.63, 3.8) is 0 Å². The largest absolute Gasteiger partial charge is 0.484 e. The van der Waals surface area contributed by atoms with Gasteiger partial charge in [0.25, 0.3) is 5.91 Å². The summed E-state index contributed by atoms with van der Waals surface area (Å²) in [7, 11) is 1.74. The van der Waals surface area contributed by atoms with Crippen molar-refractivity contribution >= 4 is 16.9 Å². The van der Waals surface area contributed by atoms with E-state index in [1.807, 2.05) is 66.7 Å². The van der Waals surface area contributed by atoms with Crippen LogP contribution < -0.4 is 10.4 Å². The summed E-state index contributed by atoms with van der Waals surface area (Å²) >= 11 is 0. The van der Waals surface area contributed by atoms with Crippen molar-refractivity contribution in [1.82, 2.24) is 4.90 Å². The molecule has 1 amide bonds. The molecule has 0 aliphatic heterocycles. The number of benzene rings is 3. The summed E-state index contributed by atoms with van der Waals surface area (Å²) in [6, 6.07) is 26.2. The fourth-order valence-corrected chi connectivity index (χ4v) is 3.29. The number of carbonyl (C=O) groups is 1. The Morgan fingerprint density at radius 1 is 0.933 bits per heavy atom. The van der Waals surface area contributed by atoms with Crippen LogP contribution in [0.25, 0.3) is 22.1 Å². The quantitative estimate of drug-likeness (QED) is 0.448. The molecule has 0 aliphatic rings. The van der Waals surface area contributed by atoms with Gasteiger partial charge in [-0.05, 0) is 28.8 Å². The Hall–Kier alpha value is -3.86. The van der Waals surface area contributed by atoms with Gasteiger partial charge in [-0.1, -0.05) is 60.7 Å². The number of hydrogen-bond donors (Lipinski definition) is 0. The lowest BCUT2D eigenvalue weighted by Gasteiger charge is -2.17. The molecule has 0 saturated carbocycles. The van der Waals surface area contributed by atoms with Crippen LogP contribution in [0.5, 0.6) is 5.75 Å². The normalized spacial score (nSPS) is 10.7. The highest BCUT2D eigenvalue weighted by Gasteiger charge is 2.12. The van der Waals surface area contributed by atoms with Crippen LogP contribution in [0.4, 0.5) is 0 Å². The number of fused-ring (bicyclic) bond motifs is 1. The van der Waals surface area contributed by atoms with E-state index >= 15 is 0 Å². The summed E-state index contributed by atoms with van der Waals surface area (Å²) < 4.78 is 11.0. The average molecular weight is 399 g/mol. The van der Waals surface area contributed by atoms with E-state index in [0.29, 0.717) is 17.9 Å². The maximum absolute atomic E-state index is 12.4. The summed E-state index contributed by atoms with van der Waals surface area (Å²) in [4.78, 5) is 26.1. The Labute approximate surface area is 174 Å². The molecule has 0 spiro atoms. The van der Waals surface area contributed by atoms with Crippen LogP contribution in [0.1, 0.15) is 5.56 Å². The summed E-state index contributed by atoms with van der Waals surface area (Å²) in [6.45, 7) is 0.410. The monoisotopic (exact) mass is 399 g/mol. The molecule has 0 atom stereocenters. The first kappa shape index (κ1) is 19.5. The summed E-state index contributed by atoms with van der Waals surface area (Å²) in [5, 5.41) is 0.806. The van der Waals surface area contributed by atoms with Crippen LogP contribution in [0.3, 0.4) is 0 Å². The number of hydrogen-bond acceptors (Lipinski definition) is 4. The second-order valence-corrected chi connectivity index (χ2v) is 7.03. The smallest absolute Gasteiger partial charge is 0.336 e. The molecule has 150 valence electrons. The molecule has 4 rings (SSSR count). The second-order valence-electron chi connectivity index (χ2n) is 7.03. The lowest BCUT2D eigenvalue weighted by molar-refractivity contribution is -0.132. The second kappa shape index (κ2) is 8.66. The van der Waals surface area contributed by atoms with E-state index in [0.717, 1.165) is 22.1 Å². The molecule has 4 aromatic rings. The Bertz CT molecular complexity index is 1220. The zero-order valence-electron chi connectivity index (χ0n) is 16.6. The number of amides is 1. The van der Waals surface area contributed by atoms with Gasteiger partial charge in [-0.3, -0.25) is 4.79 Å². The molecule has 0 radical (unpaired) electrons. The summed E-state index contributed by atoms with van der Waals surface area (Å²) in [5.74, 6) is 0.329. The standard InChI is InChI=1S/C25H21NO4/c1-26(16-18-8-4-2-5-9-18)24(27)17-29-20-12-13-21-22(19-10-6-3-7-11-19)15-25(28)30-23(21)14-20/h2-15H,16-17H2,1H3. The lowest BCUT2D eigenvalue weighted by atomic mass is 10.0. The lowest BCUT2D eigenvalue weighted by Crippen LogP contribution is -2.30. The molecular formula is C25H21NO4. The Morgan fingerprint density at radius 2 is 1.63 bits per heavy atom. The SMILES string of the molecule is CN(Cc1ccccc1)C(=O)COc1ccc2c(-c3ccccc3)cc(=O)oc2c1. The van der Waals surface area contributed by atoms with E-state index in [9.17, 15) is 9.59 Å². The highest BCUT2D eigenvalue weighted by atomic mass is 16.5. The topological polar surface area (TPSA) is 59.8 Å². The number of carbonyl (C=O) groups excluding carboxylic acids is 1. The molecule has 0 fully saturated rings. The maximum Gasteiger partial charge on any atom is 0.336 e. The molecule has 0 N–H and O–H groups in total. The molecule has 1 aromatic heterocycles. The minimum absolute atomic E-state index is 0.0998. The molecular weight excluding hydrogens is 378 g/mol. The molecule has 5 nitrogen and oxygen atoms in total. The predicted octanol–water partition coefficient (Wildman–Crippen LogP) is 4.50. The van der Waals surface area contributed by atoms with Gasteiger partial charge in [0.05, 0.1) is 0 Å². The first-order valence-corrected chi connectivity index (χ1v) is 9.64. The third-order valence-corrected chi connectivity index (χ3v) is 4.85. The first-order valence-electron chi connectivity index (χ1n) is 9.64. The van der Waals surface area contributed by atoms with Crippen molar-refractivity contribution in [3.05, 3.63) is 101 Å². The van der Waals surface area contributed by atoms with Gasteiger partial charge < -0.3 is 14.1 Å². The van der Waals surface area contributed by atoms with Crippen molar-refractivity contribution in [3.8, 4) is 16.9 Å². The van der Waals surface area contributed by atoms with Gasteiger partial charge in [0, 0.05) is 31.1 Å². The number of nitrogens with zero attached hydrogens (tertiary/aromatic N) is 1. The maximum atomic E-state index is 12.4. The minimum atomic E-state index is -0.433. The number of ether oxygens (including phenoxy) is 1. The molecule has 0 bridgehead atoms. The van der Waals surface area contributed by atoms with Crippen molar-refractivity contribution in [2.75, 3.05) is 13.7 Å². The summed E-state index contributed by atoms with van der Waals surface area (Å²) in [6.07, 6.45) is 0. The van der Waals surface area contributed by atoms with Crippen LogP contribution in [0.2, 0.25) is 0 Å². The van der Waals surface area contributed by atoms with Gasteiger partial charge in [0.1, 0.15) is 11.3 Å². The van der Waals surface area contributed by atoms with Gasteiger partial charge in [-0.25, -0.2) is 4.79 Å². The fraction of sp³-hybridized carbons (Fsp3) is 0.120. The zero-order valence-corrected chi connectivity index (χ0v) is 16.6. The van der Waals surface area contributed by atoms with Gasteiger partial charge in [0.2, 0.25) is 0 Å².